The molecule has 0 aliphatic heterocycles. The van der Waals surface area contributed by atoms with E-state index in [1.807, 2.05) is 0 Å². The molecule has 38 heavy (non-hydrogen) atoms. The molecule has 0 saturated carbocycles. The monoisotopic (exact) mass is 537 g/mol. The predicted octanol–water partition coefficient (Wildman–Crippen LogP) is -2.26. The van der Waals surface area contributed by atoms with Crippen molar-refractivity contribution in [1.29, 1.82) is 0 Å². The van der Waals surface area contributed by atoms with Crippen LogP contribution in [0.4, 0.5) is 0 Å². The fourth-order valence-electron chi connectivity index (χ4n) is 3.21. The van der Waals surface area contributed by atoms with Crippen LogP contribution in [0.5, 0.6) is 5.75 Å². The first-order chi connectivity index (χ1) is 17.8. The van der Waals surface area contributed by atoms with E-state index < -0.39 is 53.8 Å². The van der Waals surface area contributed by atoms with Gasteiger partial charge in [-0.1, -0.05) is 12.1 Å². The Hall–Kier alpha value is -4.40. The maximum Gasteiger partial charge on any atom is 0.326 e. The molecule has 0 heterocycles. The smallest absolute Gasteiger partial charge is 0.326 e. The van der Waals surface area contributed by atoms with Gasteiger partial charge in [0.2, 0.25) is 17.7 Å². The van der Waals surface area contributed by atoms with Crippen LogP contribution in [0.3, 0.4) is 0 Å². The molecule has 0 saturated heterocycles. The lowest BCUT2D eigenvalue weighted by Gasteiger charge is -2.24. The third kappa shape index (κ3) is 12.0. The third-order valence-electron chi connectivity index (χ3n) is 5.33. The summed E-state index contributed by atoms with van der Waals surface area (Å²) in [5.74, 6) is -4.89. The maximum absolute atomic E-state index is 13.0. The summed E-state index contributed by atoms with van der Waals surface area (Å²) >= 11 is 0. The second-order valence-corrected chi connectivity index (χ2v) is 8.55. The molecule has 210 valence electrons. The number of benzene rings is 1. The fraction of sp³-hybridized carbons (Fsp3) is 0.478. The van der Waals surface area contributed by atoms with Crippen LogP contribution in [-0.4, -0.2) is 81.7 Å². The van der Waals surface area contributed by atoms with Gasteiger partial charge >= 0.3 is 11.9 Å². The van der Waals surface area contributed by atoms with Gasteiger partial charge in [0.25, 0.3) is 0 Å². The van der Waals surface area contributed by atoms with Crippen molar-refractivity contribution in [3.8, 4) is 5.75 Å². The zero-order valence-corrected chi connectivity index (χ0v) is 20.9. The lowest BCUT2D eigenvalue weighted by molar-refractivity contribution is -0.142. The van der Waals surface area contributed by atoms with E-state index in [0.717, 1.165) is 0 Å². The molecule has 15 heteroatoms. The number of phenolic OH excluding ortho intramolecular Hbond substituents is 1. The molecule has 0 spiro atoms. The minimum atomic E-state index is -1.34. The summed E-state index contributed by atoms with van der Waals surface area (Å²) in [6, 6.07) is 0.953. The van der Waals surface area contributed by atoms with E-state index in [1.165, 1.54) is 31.2 Å². The molecule has 12 N–H and O–H groups in total. The van der Waals surface area contributed by atoms with Crippen LogP contribution < -0.4 is 33.2 Å². The molecule has 0 bridgehead atoms. The first kappa shape index (κ1) is 31.6. The highest BCUT2D eigenvalue weighted by Crippen LogP contribution is 2.12. The molecule has 0 aliphatic carbocycles. The topological polar surface area (TPSA) is 273 Å². The van der Waals surface area contributed by atoms with Crippen molar-refractivity contribution in [2.45, 2.75) is 63.2 Å². The van der Waals surface area contributed by atoms with Crippen LogP contribution in [0.15, 0.2) is 29.3 Å². The molecule has 1 aromatic carbocycles. The molecule has 1 aromatic rings. The highest BCUT2D eigenvalue weighted by atomic mass is 16.4. The Labute approximate surface area is 218 Å². The largest absolute Gasteiger partial charge is 0.508 e. The summed E-state index contributed by atoms with van der Waals surface area (Å²) in [5.41, 5.74) is 16.8. The molecular formula is C23H35N7O8. The molecule has 4 atom stereocenters. The van der Waals surface area contributed by atoms with E-state index in [9.17, 15) is 34.2 Å². The standard InChI is InChI=1S/C23H35N7O8/c1-12(28-20(35)15(24)8-9-18(32)33)19(34)29-16(3-2-10-27-23(25)26)21(36)30-17(22(37)38)11-13-4-6-14(31)7-5-13/h4-7,12,15-17,31H,2-3,8-11,24H2,1H3,(H,28,35)(H,29,34)(H,30,36)(H,32,33)(H,37,38)(H4,25,26,27). The second-order valence-electron chi connectivity index (χ2n) is 8.55. The number of nitrogens with one attached hydrogen (secondary N) is 3. The van der Waals surface area contributed by atoms with Gasteiger partial charge in [0.1, 0.15) is 23.9 Å². The van der Waals surface area contributed by atoms with Gasteiger partial charge in [-0.25, -0.2) is 4.79 Å². The second kappa shape index (κ2) is 15.7. The predicted molar refractivity (Wildman–Crippen MR) is 136 cm³/mol. The van der Waals surface area contributed by atoms with Crippen LogP contribution in [-0.2, 0) is 30.4 Å². The Bertz CT molecular complexity index is 1010. The lowest BCUT2D eigenvalue weighted by Crippen LogP contribution is -2.56. The highest BCUT2D eigenvalue weighted by Gasteiger charge is 2.29. The van der Waals surface area contributed by atoms with Crippen LogP contribution in [0.1, 0.15) is 38.2 Å². The summed E-state index contributed by atoms with van der Waals surface area (Å²) in [6.07, 6.45) is -0.257. The minimum absolute atomic E-state index is 0.00253. The van der Waals surface area contributed by atoms with Crippen LogP contribution >= 0.6 is 0 Å². The Morgan fingerprint density at radius 1 is 0.895 bits per heavy atom. The average molecular weight is 538 g/mol. The van der Waals surface area contributed by atoms with E-state index >= 15 is 0 Å². The first-order valence-corrected chi connectivity index (χ1v) is 11.7. The van der Waals surface area contributed by atoms with Crippen molar-refractivity contribution < 1.29 is 39.3 Å². The third-order valence-corrected chi connectivity index (χ3v) is 5.33. The highest BCUT2D eigenvalue weighted by molar-refractivity contribution is 5.94. The van der Waals surface area contributed by atoms with Gasteiger partial charge in [-0.2, -0.15) is 0 Å². The Kier molecular flexibility index (Phi) is 13.0. The normalized spacial score (nSPS) is 13.7. The molecule has 3 amide bonds. The number of aliphatic carboxylic acids is 2. The van der Waals surface area contributed by atoms with E-state index in [0.29, 0.717) is 5.56 Å². The summed E-state index contributed by atoms with van der Waals surface area (Å²) in [6.45, 7) is 1.49. The molecule has 4 unspecified atom stereocenters. The van der Waals surface area contributed by atoms with E-state index in [1.54, 1.807) is 0 Å². The number of phenols is 1. The number of aliphatic imine (C=N–C) groups is 1. The molecule has 1 rings (SSSR count). The van der Waals surface area contributed by atoms with Gasteiger partial charge < -0.3 is 48.5 Å². The number of nitrogens with two attached hydrogens (primary N) is 3. The molecule has 0 aliphatic rings. The average Bonchev–Trinajstić information content (AvgIpc) is 2.84. The fourth-order valence-corrected chi connectivity index (χ4v) is 3.21. The van der Waals surface area contributed by atoms with Crippen LogP contribution in [0.25, 0.3) is 0 Å². The summed E-state index contributed by atoms with van der Waals surface area (Å²) < 4.78 is 0. The van der Waals surface area contributed by atoms with Gasteiger partial charge in [0.05, 0.1) is 6.04 Å². The Morgan fingerprint density at radius 2 is 1.50 bits per heavy atom. The van der Waals surface area contributed by atoms with Crippen molar-refractivity contribution in [2.75, 3.05) is 6.54 Å². The number of carbonyl (C=O) groups excluding carboxylic acids is 3. The zero-order valence-electron chi connectivity index (χ0n) is 20.9. The zero-order chi connectivity index (χ0) is 28.8. The van der Waals surface area contributed by atoms with Crippen LogP contribution in [0.2, 0.25) is 0 Å². The van der Waals surface area contributed by atoms with Crippen LogP contribution in [0, 0.1) is 0 Å². The van der Waals surface area contributed by atoms with Crippen molar-refractivity contribution in [3.63, 3.8) is 0 Å². The van der Waals surface area contributed by atoms with Gasteiger partial charge in [-0.3, -0.25) is 24.2 Å². The molecule has 0 aromatic heterocycles. The van der Waals surface area contributed by atoms with E-state index in [4.69, 9.17) is 22.3 Å². The molecule has 0 fully saturated rings. The number of carbonyl (C=O) groups is 5. The minimum Gasteiger partial charge on any atom is -0.508 e. The number of aromatic hydroxyl groups is 1. The van der Waals surface area contributed by atoms with Crippen molar-refractivity contribution in [1.82, 2.24) is 16.0 Å². The molecular weight excluding hydrogens is 502 g/mol. The first-order valence-electron chi connectivity index (χ1n) is 11.7. The Morgan fingerprint density at radius 3 is 2.05 bits per heavy atom. The van der Waals surface area contributed by atoms with Gasteiger partial charge in [0.15, 0.2) is 5.96 Å². The van der Waals surface area contributed by atoms with E-state index in [2.05, 4.69) is 20.9 Å². The van der Waals surface area contributed by atoms with Gasteiger partial charge in [0, 0.05) is 19.4 Å². The number of amides is 3. The number of carboxylic acids is 2. The number of hydrogen-bond acceptors (Lipinski definition) is 8. The van der Waals surface area contributed by atoms with Gasteiger partial charge in [-0.05, 0) is 43.9 Å². The summed E-state index contributed by atoms with van der Waals surface area (Å²) in [5, 5.41) is 35.0. The van der Waals surface area contributed by atoms with E-state index in [-0.39, 0.29) is 50.4 Å². The number of nitrogens with zero attached hydrogens (tertiary/aromatic N) is 1. The molecule has 15 nitrogen and oxygen atoms in total. The number of carboxylic acid groups (broad SMARTS) is 2. The molecule has 0 radical (unpaired) electrons. The summed E-state index contributed by atoms with van der Waals surface area (Å²) in [7, 11) is 0. The van der Waals surface area contributed by atoms with Crippen molar-refractivity contribution in [2.24, 2.45) is 22.2 Å². The Balaban J connectivity index is 2.90. The maximum atomic E-state index is 13.0. The number of guanidine groups is 1. The number of rotatable bonds is 16. The van der Waals surface area contributed by atoms with Crippen molar-refractivity contribution in [3.05, 3.63) is 29.8 Å². The van der Waals surface area contributed by atoms with Gasteiger partial charge in [-0.15, -0.1) is 0 Å². The number of hydrogen-bond donors (Lipinski definition) is 9. The summed E-state index contributed by atoms with van der Waals surface area (Å²) in [4.78, 5) is 64.1. The SMILES string of the molecule is CC(NC(=O)C(N)CCC(=O)O)C(=O)NC(CCCN=C(N)N)C(=O)NC(Cc1ccc(O)cc1)C(=O)O. The quantitative estimate of drug-likeness (QED) is 0.0616. The lowest BCUT2D eigenvalue weighted by atomic mass is 10.0. The van der Waals surface area contributed by atoms with Crippen molar-refractivity contribution >= 4 is 35.6 Å².